The van der Waals surface area contributed by atoms with E-state index in [4.69, 9.17) is 4.74 Å². The second-order valence-corrected chi connectivity index (χ2v) is 8.20. The number of nitrogens with one attached hydrogen (secondary N) is 1. The van der Waals surface area contributed by atoms with Gasteiger partial charge in [-0.15, -0.1) is 0 Å². The van der Waals surface area contributed by atoms with Gasteiger partial charge in [-0.25, -0.2) is 0 Å². The summed E-state index contributed by atoms with van der Waals surface area (Å²) in [5.74, 6) is -0.122. The molecule has 1 saturated heterocycles. The number of rotatable bonds is 6. The molecule has 0 bridgehead atoms. The number of carbonyl (C=O) groups excluding carboxylic acids is 3. The van der Waals surface area contributed by atoms with Crippen LogP contribution in [0.2, 0.25) is 0 Å². The summed E-state index contributed by atoms with van der Waals surface area (Å²) in [5, 5.41) is 3.09. The van der Waals surface area contributed by atoms with Gasteiger partial charge in [-0.3, -0.25) is 14.4 Å². The van der Waals surface area contributed by atoms with Crippen molar-refractivity contribution in [2.75, 3.05) is 13.1 Å². The van der Waals surface area contributed by atoms with E-state index in [0.29, 0.717) is 37.2 Å². The van der Waals surface area contributed by atoms with Crippen LogP contribution in [0.1, 0.15) is 42.1 Å². The number of nitrogens with zero attached hydrogens (tertiary/aromatic N) is 1. The number of esters is 1. The van der Waals surface area contributed by atoms with Crippen LogP contribution in [0, 0.1) is 0 Å². The SMILES string of the molecule is CC(=O)Oc1cccc(C(=O)N2CCC(NC(=O)CCc3ccccc3Br)CC2)c1. The number of piperidine rings is 1. The molecule has 158 valence electrons. The third-order valence-electron chi connectivity index (χ3n) is 5.07. The van der Waals surface area contributed by atoms with Crippen LogP contribution in [0.5, 0.6) is 5.75 Å². The summed E-state index contributed by atoms with van der Waals surface area (Å²) in [4.78, 5) is 37.9. The van der Waals surface area contributed by atoms with Gasteiger partial charge in [-0.05, 0) is 49.1 Å². The van der Waals surface area contributed by atoms with Crippen molar-refractivity contribution in [3.8, 4) is 5.75 Å². The molecule has 0 aliphatic carbocycles. The average Bonchev–Trinajstić information content (AvgIpc) is 2.73. The molecule has 2 amide bonds. The molecule has 1 heterocycles. The Morgan fingerprint density at radius 3 is 2.53 bits per heavy atom. The van der Waals surface area contributed by atoms with Crippen molar-refractivity contribution in [1.29, 1.82) is 0 Å². The van der Waals surface area contributed by atoms with Gasteiger partial charge in [0.15, 0.2) is 0 Å². The summed E-state index contributed by atoms with van der Waals surface area (Å²) in [5.41, 5.74) is 1.61. The van der Waals surface area contributed by atoms with Crippen molar-refractivity contribution in [3.63, 3.8) is 0 Å². The van der Waals surface area contributed by atoms with Gasteiger partial charge in [0.1, 0.15) is 5.75 Å². The minimum atomic E-state index is -0.421. The molecular weight excluding hydrogens is 448 g/mol. The van der Waals surface area contributed by atoms with Gasteiger partial charge in [-0.2, -0.15) is 0 Å². The molecule has 0 spiro atoms. The third kappa shape index (κ3) is 6.16. The fourth-order valence-corrected chi connectivity index (χ4v) is 4.00. The van der Waals surface area contributed by atoms with Crippen molar-refractivity contribution < 1.29 is 19.1 Å². The lowest BCUT2D eigenvalue weighted by atomic mass is 10.0. The van der Waals surface area contributed by atoms with Crippen molar-refractivity contribution in [3.05, 3.63) is 64.1 Å². The van der Waals surface area contributed by atoms with Crippen molar-refractivity contribution in [2.45, 2.75) is 38.6 Å². The van der Waals surface area contributed by atoms with E-state index in [2.05, 4.69) is 21.2 Å². The average molecular weight is 473 g/mol. The van der Waals surface area contributed by atoms with Crippen LogP contribution < -0.4 is 10.1 Å². The van der Waals surface area contributed by atoms with E-state index in [1.165, 1.54) is 6.92 Å². The predicted molar refractivity (Wildman–Crippen MR) is 117 cm³/mol. The Morgan fingerprint density at radius 1 is 1.10 bits per heavy atom. The number of benzene rings is 2. The molecule has 0 unspecified atom stereocenters. The molecule has 0 aromatic heterocycles. The van der Waals surface area contributed by atoms with E-state index in [1.54, 1.807) is 29.2 Å². The highest BCUT2D eigenvalue weighted by Gasteiger charge is 2.25. The molecule has 30 heavy (non-hydrogen) atoms. The smallest absolute Gasteiger partial charge is 0.308 e. The molecule has 7 heteroatoms. The van der Waals surface area contributed by atoms with Gasteiger partial charge < -0.3 is 15.0 Å². The number of aryl methyl sites for hydroxylation is 1. The first-order valence-corrected chi connectivity index (χ1v) is 10.8. The number of hydrogen-bond donors (Lipinski definition) is 1. The minimum Gasteiger partial charge on any atom is -0.427 e. The first-order valence-electron chi connectivity index (χ1n) is 10.0. The molecule has 3 rings (SSSR count). The lowest BCUT2D eigenvalue weighted by Crippen LogP contribution is -2.46. The molecule has 1 aliphatic rings. The summed E-state index contributed by atoms with van der Waals surface area (Å²) in [7, 11) is 0. The minimum absolute atomic E-state index is 0.0320. The molecular formula is C23H25BrN2O4. The zero-order valence-electron chi connectivity index (χ0n) is 16.9. The number of amides is 2. The topological polar surface area (TPSA) is 75.7 Å². The van der Waals surface area contributed by atoms with Gasteiger partial charge in [0, 0.05) is 42.5 Å². The van der Waals surface area contributed by atoms with E-state index in [0.717, 1.165) is 22.9 Å². The largest absolute Gasteiger partial charge is 0.427 e. The number of hydrogen-bond acceptors (Lipinski definition) is 4. The molecule has 2 aromatic carbocycles. The maximum Gasteiger partial charge on any atom is 0.308 e. The molecule has 6 nitrogen and oxygen atoms in total. The number of likely N-dealkylation sites (tertiary alicyclic amines) is 1. The van der Waals surface area contributed by atoms with Crippen LogP contribution in [0.4, 0.5) is 0 Å². The fourth-order valence-electron chi connectivity index (χ4n) is 3.52. The van der Waals surface area contributed by atoms with Gasteiger partial charge in [0.2, 0.25) is 5.91 Å². The summed E-state index contributed by atoms with van der Waals surface area (Å²) >= 11 is 3.51. The van der Waals surface area contributed by atoms with Crippen LogP contribution in [0.25, 0.3) is 0 Å². The Bertz CT molecular complexity index is 923. The monoisotopic (exact) mass is 472 g/mol. The lowest BCUT2D eigenvalue weighted by Gasteiger charge is -2.32. The van der Waals surface area contributed by atoms with Crippen molar-refractivity contribution in [1.82, 2.24) is 10.2 Å². The molecule has 0 saturated carbocycles. The van der Waals surface area contributed by atoms with Crippen molar-refractivity contribution in [2.24, 2.45) is 0 Å². The standard InChI is InChI=1S/C23H25BrN2O4/c1-16(27)30-20-7-4-6-18(15-20)23(29)26-13-11-19(12-14-26)25-22(28)10-9-17-5-2-3-8-21(17)24/h2-8,15,19H,9-14H2,1H3,(H,25,28). The van der Waals surface area contributed by atoms with Crippen LogP contribution in [-0.4, -0.2) is 41.8 Å². The lowest BCUT2D eigenvalue weighted by molar-refractivity contribution is -0.131. The molecule has 1 fully saturated rings. The molecule has 1 N–H and O–H groups in total. The fraction of sp³-hybridized carbons (Fsp3) is 0.348. The molecule has 2 aromatic rings. The second kappa shape index (κ2) is 10.4. The van der Waals surface area contributed by atoms with E-state index >= 15 is 0 Å². The summed E-state index contributed by atoms with van der Waals surface area (Å²) in [6, 6.07) is 14.6. The number of ether oxygens (including phenoxy) is 1. The highest BCUT2D eigenvalue weighted by Crippen LogP contribution is 2.19. The van der Waals surface area contributed by atoms with Crippen molar-refractivity contribution >= 4 is 33.7 Å². The van der Waals surface area contributed by atoms with Gasteiger partial charge in [0.05, 0.1) is 0 Å². The normalized spacial score (nSPS) is 14.3. The first kappa shape index (κ1) is 22.0. The Balaban J connectivity index is 1.46. The van der Waals surface area contributed by atoms with Gasteiger partial charge in [0.25, 0.3) is 5.91 Å². The number of carbonyl (C=O) groups is 3. The summed E-state index contributed by atoms with van der Waals surface area (Å²) in [6.07, 6.45) is 2.56. The quantitative estimate of drug-likeness (QED) is 0.513. The highest BCUT2D eigenvalue weighted by molar-refractivity contribution is 9.10. The Hall–Kier alpha value is -2.67. The summed E-state index contributed by atoms with van der Waals surface area (Å²) in [6.45, 7) is 2.48. The summed E-state index contributed by atoms with van der Waals surface area (Å²) < 4.78 is 6.07. The van der Waals surface area contributed by atoms with E-state index in [-0.39, 0.29) is 17.9 Å². The predicted octanol–water partition coefficient (Wildman–Crippen LogP) is 3.73. The molecule has 1 aliphatic heterocycles. The molecule has 0 radical (unpaired) electrons. The van der Waals surface area contributed by atoms with Gasteiger partial charge >= 0.3 is 5.97 Å². The van der Waals surface area contributed by atoms with Crippen LogP contribution in [0.15, 0.2) is 53.0 Å². The maximum atomic E-state index is 12.8. The van der Waals surface area contributed by atoms with Crippen LogP contribution in [0.3, 0.4) is 0 Å². The van der Waals surface area contributed by atoms with E-state index in [9.17, 15) is 14.4 Å². The Morgan fingerprint density at radius 2 is 1.83 bits per heavy atom. The third-order valence-corrected chi connectivity index (χ3v) is 5.84. The Kier molecular flexibility index (Phi) is 7.63. The van der Waals surface area contributed by atoms with E-state index in [1.807, 2.05) is 24.3 Å². The van der Waals surface area contributed by atoms with E-state index < -0.39 is 5.97 Å². The first-order chi connectivity index (χ1) is 14.4. The maximum absolute atomic E-state index is 12.8. The zero-order valence-corrected chi connectivity index (χ0v) is 18.5. The molecule has 0 atom stereocenters. The zero-order chi connectivity index (χ0) is 21.5. The second-order valence-electron chi connectivity index (χ2n) is 7.35. The number of halogens is 1. The highest BCUT2D eigenvalue weighted by atomic mass is 79.9. The van der Waals surface area contributed by atoms with Crippen LogP contribution in [-0.2, 0) is 16.0 Å². The van der Waals surface area contributed by atoms with Gasteiger partial charge in [-0.1, -0.05) is 40.2 Å². The van der Waals surface area contributed by atoms with Crippen LogP contribution >= 0.6 is 15.9 Å². The Labute approximate surface area is 184 Å².